The topological polar surface area (TPSA) is 49.8 Å². The van der Waals surface area contributed by atoms with Crippen molar-refractivity contribution in [1.82, 2.24) is 4.90 Å². The van der Waals surface area contributed by atoms with E-state index in [4.69, 9.17) is 4.74 Å². The van der Waals surface area contributed by atoms with Gasteiger partial charge in [-0.2, -0.15) is 0 Å². The molecular formula is C17H21NO3. The van der Waals surface area contributed by atoms with E-state index in [9.17, 15) is 9.90 Å². The number of allylic oxidation sites excluding steroid dienone is 2. The molecule has 1 saturated heterocycles. The summed E-state index contributed by atoms with van der Waals surface area (Å²) in [5.41, 5.74) is 1.03. The van der Waals surface area contributed by atoms with Crippen molar-refractivity contribution in [2.45, 2.75) is 31.4 Å². The summed E-state index contributed by atoms with van der Waals surface area (Å²) in [4.78, 5) is 14.5. The van der Waals surface area contributed by atoms with Crippen LogP contribution >= 0.6 is 0 Å². The first kappa shape index (κ1) is 14.1. The largest absolute Gasteiger partial charge is 0.497 e. The Morgan fingerprint density at radius 1 is 1.33 bits per heavy atom. The number of methoxy groups -OCH3 is 1. The second-order valence-corrected chi connectivity index (χ2v) is 5.81. The van der Waals surface area contributed by atoms with Gasteiger partial charge in [-0.25, -0.2) is 0 Å². The number of benzene rings is 1. The number of carbonyl (C=O) groups excluding carboxylic acids is 1. The van der Waals surface area contributed by atoms with Gasteiger partial charge in [0.1, 0.15) is 5.75 Å². The van der Waals surface area contributed by atoms with E-state index in [1.807, 2.05) is 29.2 Å². The van der Waals surface area contributed by atoms with Gasteiger partial charge in [-0.3, -0.25) is 4.79 Å². The number of hydrogen-bond acceptors (Lipinski definition) is 3. The molecule has 1 aliphatic heterocycles. The zero-order valence-corrected chi connectivity index (χ0v) is 12.2. The van der Waals surface area contributed by atoms with Crippen molar-refractivity contribution in [2.75, 3.05) is 13.7 Å². The number of β-amino-alcohol motifs (C(OH)–C–C–N with tert-alkyl or cyclic N) is 1. The lowest BCUT2D eigenvalue weighted by Gasteiger charge is -2.27. The minimum atomic E-state index is -0.445. The Morgan fingerprint density at radius 2 is 2.10 bits per heavy atom. The highest BCUT2D eigenvalue weighted by molar-refractivity contribution is 5.80. The van der Waals surface area contributed by atoms with Gasteiger partial charge in [0.25, 0.3) is 0 Å². The molecule has 4 heteroatoms. The van der Waals surface area contributed by atoms with Gasteiger partial charge < -0.3 is 14.7 Å². The first-order chi connectivity index (χ1) is 10.2. The molecular weight excluding hydrogens is 266 g/mol. The average molecular weight is 287 g/mol. The Balaban J connectivity index is 1.83. The van der Waals surface area contributed by atoms with Crippen LogP contribution in [0.5, 0.6) is 5.75 Å². The lowest BCUT2D eigenvalue weighted by Crippen LogP contribution is -2.35. The van der Waals surface area contributed by atoms with Crippen LogP contribution in [0.3, 0.4) is 0 Å². The minimum Gasteiger partial charge on any atom is -0.497 e. The van der Waals surface area contributed by atoms with Gasteiger partial charge in [-0.15, -0.1) is 0 Å². The number of amides is 1. The van der Waals surface area contributed by atoms with Gasteiger partial charge in [0, 0.05) is 12.5 Å². The predicted octanol–water partition coefficient (Wildman–Crippen LogP) is 2.30. The fourth-order valence-electron chi connectivity index (χ4n) is 3.28. The molecule has 1 aliphatic carbocycles. The smallest absolute Gasteiger partial charge is 0.226 e. The van der Waals surface area contributed by atoms with E-state index in [2.05, 4.69) is 12.2 Å². The molecule has 2 atom stereocenters. The van der Waals surface area contributed by atoms with Crippen LogP contribution in [-0.2, 0) is 4.79 Å². The van der Waals surface area contributed by atoms with Crippen molar-refractivity contribution in [3.05, 3.63) is 42.0 Å². The standard InChI is InChI=1S/C17H21NO3/c1-21-15-8-4-7-13(9-15)16-10-14(19)11-18(16)17(20)12-5-2-3-6-12/h2-4,7-9,12,14,16,19H,5-6,10-11H2,1H3/t14-,16-/m0/s1. The van der Waals surface area contributed by atoms with E-state index in [-0.39, 0.29) is 17.9 Å². The van der Waals surface area contributed by atoms with Gasteiger partial charge in [0.05, 0.1) is 19.3 Å². The maximum atomic E-state index is 12.7. The first-order valence-corrected chi connectivity index (χ1v) is 7.46. The number of rotatable bonds is 3. The Bertz CT molecular complexity index is 547. The third kappa shape index (κ3) is 2.81. The second-order valence-electron chi connectivity index (χ2n) is 5.81. The molecule has 1 amide bonds. The third-order valence-electron chi connectivity index (χ3n) is 4.40. The molecule has 0 radical (unpaired) electrons. The molecule has 1 aromatic rings. The van der Waals surface area contributed by atoms with E-state index >= 15 is 0 Å². The Hall–Kier alpha value is -1.81. The molecule has 0 bridgehead atoms. The predicted molar refractivity (Wildman–Crippen MR) is 79.9 cm³/mol. The summed E-state index contributed by atoms with van der Waals surface area (Å²) in [7, 11) is 1.63. The normalized spacial score (nSPS) is 25.5. The number of hydrogen-bond donors (Lipinski definition) is 1. The van der Waals surface area contributed by atoms with Crippen molar-refractivity contribution in [2.24, 2.45) is 5.92 Å². The SMILES string of the molecule is COc1cccc([C@@H]2C[C@H](O)CN2C(=O)C2CC=CC2)c1. The zero-order valence-electron chi connectivity index (χ0n) is 12.2. The van der Waals surface area contributed by atoms with Crippen molar-refractivity contribution >= 4 is 5.91 Å². The lowest BCUT2D eigenvalue weighted by atomic mass is 10.0. The highest BCUT2D eigenvalue weighted by Crippen LogP contribution is 2.36. The van der Waals surface area contributed by atoms with Crippen LogP contribution in [0.1, 0.15) is 30.9 Å². The summed E-state index contributed by atoms with van der Waals surface area (Å²) < 4.78 is 5.26. The maximum absolute atomic E-state index is 12.7. The molecule has 1 N–H and O–H groups in total. The van der Waals surface area contributed by atoms with E-state index in [0.29, 0.717) is 13.0 Å². The fraction of sp³-hybridized carbons (Fsp3) is 0.471. The van der Waals surface area contributed by atoms with Crippen molar-refractivity contribution < 1.29 is 14.6 Å². The minimum absolute atomic E-state index is 0.0448. The maximum Gasteiger partial charge on any atom is 0.226 e. The molecule has 1 heterocycles. The molecule has 1 aromatic carbocycles. The summed E-state index contributed by atoms with van der Waals surface area (Å²) in [6, 6.07) is 7.72. The van der Waals surface area contributed by atoms with Crippen LogP contribution in [0.25, 0.3) is 0 Å². The van der Waals surface area contributed by atoms with Gasteiger partial charge in [0.15, 0.2) is 0 Å². The summed E-state index contributed by atoms with van der Waals surface area (Å²) in [5, 5.41) is 10.0. The van der Waals surface area contributed by atoms with Crippen molar-refractivity contribution in [1.29, 1.82) is 0 Å². The fourth-order valence-corrected chi connectivity index (χ4v) is 3.28. The lowest BCUT2D eigenvalue weighted by molar-refractivity contribution is -0.136. The summed E-state index contributed by atoms with van der Waals surface area (Å²) >= 11 is 0. The first-order valence-electron chi connectivity index (χ1n) is 7.46. The zero-order chi connectivity index (χ0) is 14.8. The molecule has 0 unspecified atom stereocenters. The number of ether oxygens (including phenoxy) is 1. The quantitative estimate of drug-likeness (QED) is 0.868. The highest BCUT2D eigenvalue weighted by atomic mass is 16.5. The van der Waals surface area contributed by atoms with Crippen molar-refractivity contribution in [3.8, 4) is 5.75 Å². The molecule has 0 saturated carbocycles. The summed E-state index contributed by atoms with van der Waals surface area (Å²) in [6.45, 7) is 0.428. The van der Waals surface area contributed by atoms with E-state index in [1.54, 1.807) is 7.11 Å². The second kappa shape index (κ2) is 5.90. The molecule has 0 spiro atoms. The van der Waals surface area contributed by atoms with Crippen LogP contribution in [0, 0.1) is 5.92 Å². The van der Waals surface area contributed by atoms with Crippen molar-refractivity contribution in [3.63, 3.8) is 0 Å². The van der Waals surface area contributed by atoms with Crippen LogP contribution in [0.4, 0.5) is 0 Å². The Labute approximate surface area is 125 Å². The Kier molecular flexibility index (Phi) is 3.97. The van der Waals surface area contributed by atoms with Gasteiger partial charge in [-0.1, -0.05) is 24.3 Å². The third-order valence-corrected chi connectivity index (χ3v) is 4.40. The Morgan fingerprint density at radius 3 is 2.81 bits per heavy atom. The number of aliphatic hydroxyl groups is 1. The number of likely N-dealkylation sites (tertiary alicyclic amines) is 1. The number of nitrogens with zero attached hydrogens (tertiary/aromatic N) is 1. The van der Waals surface area contributed by atoms with Gasteiger partial charge in [0.2, 0.25) is 5.91 Å². The van der Waals surface area contributed by atoms with Gasteiger partial charge >= 0.3 is 0 Å². The number of aliphatic hydroxyl groups excluding tert-OH is 1. The molecule has 3 rings (SSSR count). The van der Waals surface area contributed by atoms with E-state index in [0.717, 1.165) is 24.2 Å². The van der Waals surface area contributed by atoms with Crippen LogP contribution in [0.2, 0.25) is 0 Å². The molecule has 4 nitrogen and oxygen atoms in total. The molecule has 1 fully saturated rings. The van der Waals surface area contributed by atoms with E-state index < -0.39 is 6.10 Å². The van der Waals surface area contributed by atoms with Crippen LogP contribution < -0.4 is 4.74 Å². The average Bonchev–Trinajstić information content (AvgIpc) is 3.16. The molecule has 21 heavy (non-hydrogen) atoms. The van der Waals surface area contributed by atoms with Crippen LogP contribution in [0.15, 0.2) is 36.4 Å². The monoisotopic (exact) mass is 287 g/mol. The summed E-state index contributed by atoms with van der Waals surface area (Å²) in [5.74, 6) is 0.983. The molecule has 2 aliphatic rings. The molecule has 0 aromatic heterocycles. The van der Waals surface area contributed by atoms with Gasteiger partial charge in [-0.05, 0) is 37.0 Å². The number of carbonyl (C=O) groups is 1. The highest BCUT2D eigenvalue weighted by Gasteiger charge is 2.38. The molecule has 112 valence electrons. The van der Waals surface area contributed by atoms with Crippen LogP contribution in [-0.4, -0.2) is 35.7 Å². The van der Waals surface area contributed by atoms with E-state index in [1.165, 1.54) is 0 Å². The summed E-state index contributed by atoms with van der Waals surface area (Å²) in [6.07, 6.45) is 5.91.